The number of nitrogens with zero attached hydrogens (tertiary/aromatic N) is 3. The van der Waals surface area contributed by atoms with Crippen LogP contribution in [0.15, 0.2) is 10.5 Å². The standard InChI is InChI=1S/C16H24N4O2/c1-11-12(7-13(22-11)16(2,3)4)8-17-9-14-18-19-15-10-21-6-5-20(14)15/h7,17H,5-6,8-10H2,1-4H3. The van der Waals surface area contributed by atoms with Crippen LogP contribution >= 0.6 is 0 Å². The van der Waals surface area contributed by atoms with Crippen molar-refractivity contribution in [3.05, 3.63) is 34.8 Å². The molecule has 6 nitrogen and oxygen atoms in total. The van der Waals surface area contributed by atoms with Crippen molar-refractivity contribution in [2.45, 2.75) is 59.4 Å². The zero-order chi connectivity index (χ0) is 15.7. The highest BCUT2D eigenvalue weighted by atomic mass is 16.5. The molecule has 0 fully saturated rings. The molecule has 1 aliphatic rings. The Balaban J connectivity index is 1.62. The average Bonchev–Trinajstić information content (AvgIpc) is 3.04. The Hall–Kier alpha value is -1.66. The summed E-state index contributed by atoms with van der Waals surface area (Å²) in [7, 11) is 0. The molecule has 0 atom stereocenters. The van der Waals surface area contributed by atoms with Crippen molar-refractivity contribution in [2.24, 2.45) is 0 Å². The van der Waals surface area contributed by atoms with Crippen molar-refractivity contribution < 1.29 is 9.15 Å². The lowest BCUT2D eigenvalue weighted by molar-refractivity contribution is 0.0805. The number of aryl methyl sites for hydroxylation is 1. The quantitative estimate of drug-likeness (QED) is 0.939. The van der Waals surface area contributed by atoms with Gasteiger partial charge in [-0.3, -0.25) is 0 Å². The number of fused-ring (bicyclic) bond motifs is 1. The Morgan fingerprint density at radius 2 is 2.09 bits per heavy atom. The SMILES string of the molecule is Cc1oc(C(C)(C)C)cc1CNCc1nnc2n1CCOC2. The molecule has 0 aromatic carbocycles. The van der Waals surface area contributed by atoms with Gasteiger partial charge >= 0.3 is 0 Å². The predicted molar refractivity (Wildman–Crippen MR) is 82.4 cm³/mol. The van der Waals surface area contributed by atoms with E-state index >= 15 is 0 Å². The third-order valence-corrected chi connectivity index (χ3v) is 3.95. The molecule has 0 saturated carbocycles. The Labute approximate surface area is 130 Å². The van der Waals surface area contributed by atoms with Crippen molar-refractivity contribution >= 4 is 0 Å². The van der Waals surface area contributed by atoms with Crippen molar-refractivity contribution in [1.29, 1.82) is 0 Å². The van der Waals surface area contributed by atoms with Crippen LogP contribution in [0.2, 0.25) is 0 Å². The Morgan fingerprint density at radius 1 is 1.27 bits per heavy atom. The highest BCUT2D eigenvalue weighted by Crippen LogP contribution is 2.26. The van der Waals surface area contributed by atoms with Crippen molar-refractivity contribution in [2.75, 3.05) is 6.61 Å². The lowest BCUT2D eigenvalue weighted by Gasteiger charge is -2.15. The maximum atomic E-state index is 5.87. The molecule has 0 amide bonds. The van der Waals surface area contributed by atoms with E-state index in [1.54, 1.807) is 0 Å². The second-order valence-electron chi connectivity index (χ2n) is 6.78. The van der Waals surface area contributed by atoms with E-state index in [2.05, 4.69) is 46.9 Å². The molecule has 0 saturated heterocycles. The number of furan rings is 1. The second kappa shape index (κ2) is 5.85. The third kappa shape index (κ3) is 3.08. The molecule has 6 heteroatoms. The van der Waals surface area contributed by atoms with E-state index in [1.807, 2.05) is 6.92 Å². The van der Waals surface area contributed by atoms with E-state index in [0.717, 1.165) is 42.9 Å². The van der Waals surface area contributed by atoms with Crippen LogP contribution < -0.4 is 5.32 Å². The van der Waals surface area contributed by atoms with E-state index in [1.165, 1.54) is 5.56 Å². The van der Waals surface area contributed by atoms with Gasteiger partial charge < -0.3 is 19.0 Å². The lowest BCUT2D eigenvalue weighted by Crippen LogP contribution is -2.22. The molecule has 1 aliphatic heterocycles. The van der Waals surface area contributed by atoms with Crippen LogP contribution in [0.4, 0.5) is 0 Å². The van der Waals surface area contributed by atoms with Crippen LogP contribution in [-0.4, -0.2) is 21.4 Å². The largest absolute Gasteiger partial charge is 0.465 e. The van der Waals surface area contributed by atoms with Crippen molar-refractivity contribution in [3.63, 3.8) is 0 Å². The van der Waals surface area contributed by atoms with Gasteiger partial charge in [0.2, 0.25) is 0 Å². The summed E-state index contributed by atoms with van der Waals surface area (Å²) in [6, 6.07) is 2.15. The van der Waals surface area contributed by atoms with E-state index in [-0.39, 0.29) is 5.41 Å². The summed E-state index contributed by atoms with van der Waals surface area (Å²) < 4.78 is 13.4. The number of ether oxygens (including phenoxy) is 1. The molecule has 0 radical (unpaired) electrons. The molecule has 3 heterocycles. The molecular weight excluding hydrogens is 280 g/mol. The second-order valence-corrected chi connectivity index (χ2v) is 6.78. The first-order valence-electron chi connectivity index (χ1n) is 7.74. The van der Waals surface area contributed by atoms with E-state index in [9.17, 15) is 0 Å². The molecule has 22 heavy (non-hydrogen) atoms. The number of hydrogen-bond acceptors (Lipinski definition) is 5. The van der Waals surface area contributed by atoms with Crippen LogP contribution in [0.25, 0.3) is 0 Å². The zero-order valence-corrected chi connectivity index (χ0v) is 13.8. The van der Waals surface area contributed by atoms with Gasteiger partial charge in [-0.1, -0.05) is 20.8 Å². The van der Waals surface area contributed by atoms with Gasteiger partial charge in [-0.15, -0.1) is 10.2 Å². The molecule has 1 N–H and O–H groups in total. The number of aromatic nitrogens is 3. The highest BCUT2D eigenvalue weighted by Gasteiger charge is 2.20. The molecule has 2 aromatic rings. The number of rotatable bonds is 4. The van der Waals surface area contributed by atoms with Crippen LogP contribution in [-0.2, 0) is 36.4 Å². The first-order valence-corrected chi connectivity index (χ1v) is 7.74. The fourth-order valence-corrected chi connectivity index (χ4v) is 2.56. The number of hydrogen-bond donors (Lipinski definition) is 1. The summed E-state index contributed by atoms with van der Waals surface area (Å²) in [4.78, 5) is 0. The molecule has 3 rings (SSSR count). The minimum atomic E-state index is 0.0368. The lowest BCUT2D eigenvalue weighted by atomic mass is 9.93. The topological polar surface area (TPSA) is 65.1 Å². The first kappa shape index (κ1) is 15.2. The molecular formula is C16H24N4O2. The van der Waals surface area contributed by atoms with Gasteiger partial charge in [-0.05, 0) is 13.0 Å². The van der Waals surface area contributed by atoms with Gasteiger partial charge in [0, 0.05) is 24.1 Å². The van der Waals surface area contributed by atoms with Crippen LogP contribution in [0, 0.1) is 6.92 Å². The third-order valence-electron chi connectivity index (χ3n) is 3.95. The summed E-state index contributed by atoms with van der Waals surface area (Å²) >= 11 is 0. The summed E-state index contributed by atoms with van der Waals surface area (Å²) in [6.45, 7) is 12.1. The van der Waals surface area contributed by atoms with Gasteiger partial charge in [0.25, 0.3) is 0 Å². The Kier molecular flexibility index (Phi) is 4.06. The normalized spacial score (nSPS) is 15.1. The summed E-state index contributed by atoms with van der Waals surface area (Å²) in [6.07, 6.45) is 0. The monoisotopic (exact) mass is 304 g/mol. The zero-order valence-electron chi connectivity index (χ0n) is 13.8. The van der Waals surface area contributed by atoms with Gasteiger partial charge in [0.15, 0.2) is 5.82 Å². The molecule has 0 spiro atoms. The molecule has 0 aliphatic carbocycles. The molecule has 0 bridgehead atoms. The maximum Gasteiger partial charge on any atom is 0.159 e. The Morgan fingerprint density at radius 3 is 2.82 bits per heavy atom. The van der Waals surface area contributed by atoms with E-state index in [0.29, 0.717) is 13.2 Å². The summed E-state index contributed by atoms with van der Waals surface area (Å²) in [5.41, 5.74) is 1.24. The number of nitrogens with one attached hydrogen (secondary N) is 1. The van der Waals surface area contributed by atoms with Gasteiger partial charge in [-0.25, -0.2) is 0 Å². The fraction of sp³-hybridized carbons (Fsp3) is 0.625. The van der Waals surface area contributed by atoms with E-state index < -0.39 is 0 Å². The van der Waals surface area contributed by atoms with Crippen LogP contribution in [0.1, 0.15) is 49.5 Å². The van der Waals surface area contributed by atoms with Gasteiger partial charge in [-0.2, -0.15) is 0 Å². The summed E-state index contributed by atoms with van der Waals surface area (Å²) in [5.74, 6) is 3.89. The van der Waals surface area contributed by atoms with E-state index in [4.69, 9.17) is 9.15 Å². The average molecular weight is 304 g/mol. The van der Waals surface area contributed by atoms with Crippen molar-refractivity contribution in [3.8, 4) is 0 Å². The molecule has 120 valence electrons. The maximum absolute atomic E-state index is 5.87. The van der Waals surface area contributed by atoms with Gasteiger partial charge in [0.05, 0.1) is 13.2 Å². The minimum absolute atomic E-state index is 0.0368. The fourth-order valence-electron chi connectivity index (χ4n) is 2.56. The highest BCUT2D eigenvalue weighted by molar-refractivity contribution is 5.24. The van der Waals surface area contributed by atoms with Crippen molar-refractivity contribution in [1.82, 2.24) is 20.1 Å². The molecule has 2 aromatic heterocycles. The Bertz CT molecular complexity index is 652. The first-order chi connectivity index (χ1) is 10.4. The van der Waals surface area contributed by atoms with Crippen LogP contribution in [0.3, 0.4) is 0 Å². The minimum Gasteiger partial charge on any atom is -0.465 e. The molecule has 0 unspecified atom stereocenters. The predicted octanol–water partition coefficient (Wildman–Crippen LogP) is 2.30. The van der Waals surface area contributed by atoms with Gasteiger partial charge in [0.1, 0.15) is 24.0 Å². The smallest absolute Gasteiger partial charge is 0.159 e. The van der Waals surface area contributed by atoms with Crippen LogP contribution in [0.5, 0.6) is 0 Å². The summed E-state index contributed by atoms with van der Waals surface area (Å²) in [5, 5.41) is 11.8.